The number of nitrogens with two attached hydrogens (primary N) is 1. The van der Waals surface area contributed by atoms with Crippen molar-refractivity contribution in [1.29, 1.82) is 0 Å². The van der Waals surface area contributed by atoms with Gasteiger partial charge in [-0.05, 0) is 43.5 Å². The van der Waals surface area contributed by atoms with Crippen molar-refractivity contribution >= 4 is 0 Å². The summed E-state index contributed by atoms with van der Waals surface area (Å²) in [5, 5.41) is 3.51. The number of aryl methyl sites for hydroxylation is 1. The minimum absolute atomic E-state index is 0.327. The van der Waals surface area contributed by atoms with Crippen LogP contribution < -0.4 is 15.8 Å². The lowest BCUT2D eigenvalue weighted by atomic mass is 9.93. The Morgan fingerprint density at radius 3 is 2.88 bits per heavy atom. The van der Waals surface area contributed by atoms with Gasteiger partial charge in [0.25, 0.3) is 0 Å². The Morgan fingerprint density at radius 1 is 1.44 bits per heavy atom. The zero-order valence-electron chi connectivity index (χ0n) is 9.99. The van der Waals surface area contributed by atoms with Gasteiger partial charge in [0.1, 0.15) is 5.75 Å². The molecule has 1 heterocycles. The highest BCUT2D eigenvalue weighted by Crippen LogP contribution is 2.26. The molecule has 2 rings (SSSR count). The van der Waals surface area contributed by atoms with E-state index in [0.717, 1.165) is 25.1 Å². The number of hydrogen-bond donors (Lipinski definition) is 2. The number of piperidine rings is 1. The molecule has 1 aromatic carbocycles. The number of methoxy groups -OCH3 is 1. The predicted octanol–water partition coefficient (Wildman–Crippen LogP) is 1.76. The summed E-state index contributed by atoms with van der Waals surface area (Å²) in [7, 11) is 1.71. The molecule has 0 amide bonds. The quantitative estimate of drug-likeness (QED) is 0.798. The minimum Gasteiger partial charge on any atom is -0.496 e. The van der Waals surface area contributed by atoms with Crippen molar-refractivity contribution in [2.75, 3.05) is 13.7 Å². The SMILES string of the molecule is COc1ccc(C2CC(N)CCN2)cc1C. The van der Waals surface area contributed by atoms with Crippen LogP contribution in [-0.4, -0.2) is 19.7 Å². The molecule has 1 aliphatic rings. The molecule has 3 heteroatoms. The number of rotatable bonds is 2. The van der Waals surface area contributed by atoms with Crippen molar-refractivity contribution in [1.82, 2.24) is 5.32 Å². The molecule has 2 unspecified atom stereocenters. The van der Waals surface area contributed by atoms with Crippen LogP contribution in [0.5, 0.6) is 5.75 Å². The Bertz CT molecular complexity index is 365. The molecule has 3 nitrogen and oxygen atoms in total. The van der Waals surface area contributed by atoms with Crippen LogP contribution in [-0.2, 0) is 0 Å². The van der Waals surface area contributed by atoms with E-state index in [4.69, 9.17) is 10.5 Å². The molecule has 0 aromatic heterocycles. The van der Waals surface area contributed by atoms with Crippen molar-refractivity contribution in [2.45, 2.75) is 31.8 Å². The summed E-state index contributed by atoms with van der Waals surface area (Å²) in [5.74, 6) is 0.948. The van der Waals surface area contributed by atoms with Crippen molar-refractivity contribution in [3.05, 3.63) is 29.3 Å². The number of benzene rings is 1. The summed E-state index contributed by atoms with van der Waals surface area (Å²) in [6.45, 7) is 3.09. The van der Waals surface area contributed by atoms with Gasteiger partial charge in [-0.1, -0.05) is 12.1 Å². The Kier molecular flexibility index (Phi) is 3.46. The van der Waals surface area contributed by atoms with Gasteiger partial charge in [-0.25, -0.2) is 0 Å². The summed E-state index contributed by atoms with van der Waals surface area (Å²) < 4.78 is 5.26. The Hall–Kier alpha value is -1.06. The summed E-state index contributed by atoms with van der Waals surface area (Å²) in [4.78, 5) is 0. The van der Waals surface area contributed by atoms with E-state index in [1.807, 2.05) is 6.07 Å². The fraction of sp³-hybridized carbons (Fsp3) is 0.538. The Morgan fingerprint density at radius 2 is 2.25 bits per heavy atom. The lowest BCUT2D eigenvalue weighted by Gasteiger charge is -2.28. The van der Waals surface area contributed by atoms with Crippen LogP contribution in [0.3, 0.4) is 0 Å². The van der Waals surface area contributed by atoms with Crippen LogP contribution in [0.1, 0.15) is 30.0 Å². The van der Waals surface area contributed by atoms with E-state index in [1.165, 1.54) is 11.1 Å². The van der Waals surface area contributed by atoms with E-state index in [2.05, 4.69) is 24.4 Å². The second kappa shape index (κ2) is 4.85. The van der Waals surface area contributed by atoms with Gasteiger partial charge >= 0.3 is 0 Å². The lowest BCUT2D eigenvalue weighted by Crippen LogP contribution is -2.38. The zero-order chi connectivity index (χ0) is 11.5. The van der Waals surface area contributed by atoms with Gasteiger partial charge in [0, 0.05) is 12.1 Å². The Labute approximate surface area is 97.0 Å². The van der Waals surface area contributed by atoms with Gasteiger partial charge in [-0.2, -0.15) is 0 Å². The van der Waals surface area contributed by atoms with Crippen LogP contribution >= 0.6 is 0 Å². The molecule has 0 bridgehead atoms. The molecule has 0 radical (unpaired) electrons. The average molecular weight is 220 g/mol. The van der Waals surface area contributed by atoms with E-state index in [1.54, 1.807) is 7.11 Å². The van der Waals surface area contributed by atoms with Gasteiger partial charge in [-0.15, -0.1) is 0 Å². The third kappa shape index (κ3) is 2.36. The fourth-order valence-corrected chi connectivity index (χ4v) is 2.32. The van der Waals surface area contributed by atoms with Crippen molar-refractivity contribution < 1.29 is 4.74 Å². The maximum absolute atomic E-state index is 5.99. The van der Waals surface area contributed by atoms with E-state index in [-0.39, 0.29) is 0 Å². The third-order valence-electron chi connectivity index (χ3n) is 3.27. The van der Waals surface area contributed by atoms with Crippen LogP contribution in [0.2, 0.25) is 0 Å². The highest BCUT2D eigenvalue weighted by molar-refractivity contribution is 5.37. The molecule has 0 aliphatic carbocycles. The first-order chi connectivity index (χ1) is 7.70. The fourth-order valence-electron chi connectivity index (χ4n) is 2.32. The molecular weight excluding hydrogens is 200 g/mol. The third-order valence-corrected chi connectivity index (χ3v) is 3.27. The smallest absolute Gasteiger partial charge is 0.121 e. The monoisotopic (exact) mass is 220 g/mol. The molecule has 16 heavy (non-hydrogen) atoms. The standard InChI is InChI=1S/C13H20N2O/c1-9-7-10(3-4-13(9)16-2)12-8-11(14)5-6-15-12/h3-4,7,11-12,15H,5-6,8,14H2,1-2H3. The lowest BCUT2D eigenvalue weighted by molar-refractivity contribution is 0.368. The molecule has 1 aliphatic heterocycles. The largest absolute Gasteiger partial charge is 0.496 e. The highest BCUT2D eigenvalue weighted by Gasteiger charge is 2.20. The average Bonchev–Trinajstić information content (AvgIpc) is 2.29. The van der Waals surface area contributed by atoms with E-state index >= 15 is 0 Å². The molecular formula is C13H20N2O. The van der Waals surface area contributed by atoms with Gasteiger partial charge in [0.15, 0.2) is 0 Å². The molecule has 1 fully saturated rings. The van der Waals surface area contributed by atoms with Crippen molar-refractivity contribution in [2.24, 2.45) is 5.73 Å². The molecule has 88 valence electrons. The molecule has 3 N–H and O–H groups in total. The van der Waals surface area contributed by atoms with Crippen molar-refractivity contribution in [3.63, 3.8) is 0 Å². The van der Waals surface area contributed by atoms with Gasteiger partial charge in [0.2, 0.25) is 0 Å². The minimum atomic E-state index is 0.327. The van der Waals surface area contributed by atoms with Crippen molar-refractivity contribution in [3.8, 4) is 5.75 Å². The number of hydrogen-bond acceptors (Lipinski definition) is 3. The van der Waals surface area contributed by atoms with E-state index < -0.39 is 0 Å². The van der Waals surface area contributed by atoms with Crippen LogP contribution in [0.4, 0.5) is 0 Å². The topological polar surface area (TPSA) is 47.3 Å². The van der Waals surface area contributed by atoms with Crippen LogP contribution in [0, 0.1) is 6.92 Å². The zero-order valence-corrected chi connectivity index (χ0v) is 9.99. The summed E-state index contributed by atoms with van der Waals surface area (Å²) in [6.07, 6.45) is 2.09. The maximum Gasteiger partial charge on any atom is 0.121 e. The molecule has 2 atom stereocenters. The summed E-state index contributed by atoms with van der Waals surface area (Å²) in [6, 6.07) is 7.07. The second-order valence-electron chi connectivity index (χ2n) is 4.52. The van der Waals surface area contributed by atoms with Gasteiger partial charge in [0.05, 0.1) is 7.11 Å². The number of nitrogens with one attached hydrogen (secondary N) is 1. The Balaban J connectivity index is 2.17. The molecule has 0 saturated carbocycles. The highest BCUT2D eigenvalue weighted by atomic mass is 16.5. The van der Waals surface area contributed by atoms with Crippen LogP contribution in [0.25, 0.3) is 0 Å². The van der Waals surface area contributed by atoms with Gasteiger partial charge < -0.3 is 15.8 Å². The molecule has 1 aromatic rings. The first-order valence-corrected chi connectivity index (χ1v) is 5.84. The van der Waals surface area contributed by atoms with Gasteiger partial charge in [-0.3, -0.25) is 0 Å². The first-order valence-electron chi connectivity index (χ1n) is 5.84. The maximum atomic E-state index is 5.99. The van der Waals surface area contributed by atoms with E-state index in [9.17, 15) is 0 Å². The van der Waals surface area contributed by atoms with Crippen LogP contribution in [0.15, 0.2) is 18.2 Å². The first kappa shape index (κ1) is 11.4. The molecule has 0 spiro atoms. The summed E-state index contributed by atoms with van der Waals surface area (Å²) in [5.41, 5.74) is 8.49. The number of ether oxygens (including phenoxy) is 1. The van der Waals surface area contributed by atoms with E-state index in [0.29, 0.717) is 12.1 Å². The normalized spacial score (nSPS) is 25.4. The second-order valence-corrected chi connectivity index (χ2v) is 4.52. The predicted molar refractivity (Wildman–Crippen MR) is 65.7 cm³/mol. The molecule has 1 saturated heterocycles. The summed E-state index contributed by atoms with van der Waals surface area (Å²) >= 11 is 0.